The van der Waals surface area contributed by atoms with Crippen LogP contribution in [-0.2, 0) is 0 Å². The van der Waals surface area contributed by atoms with Gasteiger partial charge in [-0.1, -0.05) is 36.4 Å². The molecule has 0 fully saturated rings. The van der Waals surface area contributed by atoms with Gasteiger partial charge in [0, 0.05) is 22.4 Å². The number of H-pyrrole nitrogens is 1. The van der Waals surface area contributed by atoms with Crippen LogP contribution >= 0.6 is 0 Å². The maximum atomic E-state index is 5.99. The van der Waals surface area contributed by atoms with Crippen molar-refractivity contribution in [1.29, 1.82) is 0 Å². The van der Waals surface area contributed by atoms with E-state index in [9.17, 15) is 0 Å². The van der Waals surface area contributed by atoms with E-state index in [0.29, 0.717) is 0 Å². The van der Waals surface area contributed by atoms with Crippen LogP contribution in [0.1, 0.15) is 5.56 Å². The number of aryl methyl sites for hydroxylation is 1. The van der Waals surface area contributed by atoms with E-state index in [0.717, 1.165) is 28.1 Å². The highest BCUT2D eigenvalue weighted by Crippen LogP contribution is 2.31. The first-order valence-electron chi connectivity index (χ1n) is 7.05. The maximum absolute atomic E-state index is 5.99. The normalized spacial score (nSPS) is 11.1. The van der Waals surface area contributed by atoms with E-state index >= 15 is 0 Å². The Morgan fingerprint density at radius 2 is 1.52 bits per heavy atom. The Hall–Kier alpha value is -2.74. The van der Waals surface area contributed by atoms with Crippen molar-refractivity contribution in [1.82, 2.24) is 4.98 Å². The molecule has 0 spiro atoms. The lowest BCUT2D eigenvalue weighted by atomic mass is 10.1. The van der Waals surface area contributed by atoms with Crippen LogP contribution in [0.4, 0.5) is 0 Å². The standard InChI is InChI=1S/C19H15NO/c1-13-6-2-5-9-19(13)21-14-10-11-16-15-7-3-4-8-17(15)20-18(16)12-14/h2-12,20H,1H3. The van der Waals surface area contributed by atoms with Crippen LogP contribution in [0.15, 0.2) is 66.7 Å². The summed E-state index contributed by atoms with van der Waals surface area (Å²) in [7, 11) is 0. The first-order valence-corrected chi connectivity index (χ1v) is 7.05. The number of ether oxygens (including phenoxy) is 1. The van der Waals surface area contributed by atoms with Gasteiger partial charge in [-0.15, -0.1) is 0 Å². The lowest BCUT2D eigenvalue weighted by molar-refractivity contribution is 0.479. The van der Waals surface area contributed by atoms with E-state index in [1.807, 2.05) is 30.3 Å². The number of aromatic nitrogens is 1. The first kappa shape index (κ1) is 12.0. The molecular weight excluding hydrogens is 258 g/mol. The van der Waals surface area contributed by atoms with Gasteiger partial charge in [-0.25, -0.2) is 0 Å². The third kappa shape index (κ3) is 2.05. The van der Waals surface area contributed by atoms with Gasteiger partial charge in [0.1, 0.15) is 11.5 Å². The lowest BCUT2D eigenvalue weighted by Gasteiger charge is -2.08. The zero-order chi connectivity index (χ0) is 14.2. The zero-order valence-corrected chi connectivity index (χ0v) is 11.8. The largest absolute Gasteiger partial charge is 0.457 e. The molecule has 0 aliphatic carbocycles. The molecule has 1 aromatic heterocycles. The van der Waals surface area contributed by atoms with Crippen molar-refractivity contribution < 1.29 is 4.74 Å². The van der Waals surface area contributed by atoms with Crippen molar-refractivity contribution in [3.8, 4) is 11.5 Å². The maximum Gasteiger partial charge on any atom is 0.130 e. The molecule has 0 saturated heterocycles. The molecule has 2 nitrogen and oxygen atoms in total. The van der Waals surface area contributed by atoms with Gasteiger partial charge in [0.05, 0.1) is 5.52 Å². The molecule has 0 aliphatic rings. The topological polar surface area (TPSA) is 25.0 Å². The molecule has 1 N–H and O–H groups in total. The van der Waals surface area contributed by atoms with Gasteiger partial charge in [-0.3, -0.25) is 0 Å². The van der Waals surface area contributed by atoms with E-state index in [1.165, 1.54) is 10.8 Å². The summed E-state index contributed by atoms with van der Waals surface area (Å²) in [4.78, 5) is 3.44. The van der Waals surface area contributed by atoms with Gasteiger partial charge < -0.3 is 9.72 Å². The Kier molecular flexibility index (Phi) is 2.68. The molecule has 0 radical (unpaired) electrons. The number of rotatable bonds is 2. The van der Waals surface area contributed by atoms with E-state index < -0.39 is 0 Å². The van der Waals surface area contributed by atoms with Crippen LogP contribution in [0.25, 0.3) is 21.8 Å². The molecule has 0 aliphatic heterocycles. The van der Waals surface area contributed by atoms with Crippen molar-refractivity contribution in [3.63, 3.8) is 0 Å². The summed E-state index contributed by atoms with van der Waals surface area (Å²) in [6.45, 7) is 2.05. The minimum atomic E-state index is 0.850. The molecule has 21 heavy (non-hydrogen) atoms. The molecule has 4 rings (SSSR count). The quantitative estimate of drug-likeness (QED) is 0.518. The van der Waals surface area contributed by atoms with Crippen molar-refractivity contribution in [2.45, 2.75) is 6.92 Å². The van der Waals surface area contributed by atoms with Crippen molar-refractivity contribution in [2.75, 3.05) is 0 Å². The molecule has 0 saturated carbocycles. The Morgan fingerprint density at radius 1 is 0.762 bits per heavy atom. The third-order valence-corrected chi connectivity index (χ3v) is 3.80. The van der Waals surface area contributed by atoms with Crippen LogP contribution in [0.2, 0.25) is 0 Å². The summed E-state index contributed by atoms with van der Waals surface area (Å²) >= 11 is 0. The molecule has 0 bridgehead atoms. The highest BCUT2D eigenvalue weighted by atomic mass is 16.5. The monoisotopic (exact) mass is 273 g/mol. The Labute approximate surface area is 123 Å². The summed E-state index contributed by atoms with van der Waals surface area (Å²) in [6, 6.07) is 22.6. The van der Waals surface area contributed by atoms with E-state index in [4.69, 9.17) is 4.74 Å². The number of hydrogen-bond donors (Lipinski definition) is 1. The molecule has 0 amide bonds. The second kappa shape index (κ2) is 4.67. The third-order valence-electron chi connectivity index (χ3n) is 3.80. The number of hydrogen-bond acceptors (Lipinski definition) is 1. The first-order chi connectivity index (χ1) is 10.3. The second-order valence-corrected chi connectivity index (χ2v) is 5.25. The van der Waals surface area contributed by atoms with Gasteiger partial charge in [-0.2, -0.15) is 0 Å². The fraction of sp³-hybridized carbons (Fsp3) is 0.0526. The molecule has 4 aromatic rings. The zero-order valence-electron chi connectivity index (χ0n) is 11.8. The number of para-hydroxylation sites is 2. The van der Waals surface area contributed by atoms with E-state index in [-0.39, 0.29) is 0 Å². The molecule has 0 unspecified atom stereocenters. The van der Waals surface area contributed by atoms with Gasteiger partial charge in [0.15, 0.2) is 0 Å². The molecular formula is C19H15NO. The fourth-order valence-electron chi connectivity index (χ4n) is 2.70. The Morgan fingerprint density at radius 3 is 2.43 bits per heavy atom. The molecule has 102 valence electrons. The van der Waals surface area contributed by atoms with Crippen LogP contribution in [0, 0.1) is 6.92 Å². The Bertz CT molecular complexity index is 937. The summed E-state index contributed by atoms with van der Waals surface area (Å²) in [5.74, 6) is 1.75. The van der Waals surface area contributed by atoms with Crippen LogP contribution in [-0.4, -0.2) is 4.98 Å². The number of aromatic amines is 1. The SMILES string of the molecule is Cc1ccccc1Oc1ccc2c(c1)[nH]c1ccccc12. The molecule has 3 aromatic carbocycles. The van der Waals surface area contributed by atoms with Crippen molar-refractivity contribution in [3.05, 3.63) is 72.3 Å². The summed E-state index contributed by atoms with van der Waals surface area (Å²) < 4.78 is 5.99. The highest BCUT2D eigenvalue weighted by molar-refractivity contribution is 6.07. The summed E-state index contributed by atoms with van der Waals surface area (Å²) in [5.41, 5.74) is 3.39. The average molecular weight is 273 g/mol. The van der Waals surface area contributed by atoms with Gasteiger partial charge in [-0.05, 0) is 36.8 Å². The minimum absolute atomic E-state index is 0.850. The lowest BCUT2D eigenvalue weighted by Crippen LogP contribution is -1.86. The molecule has 0 atom stereocenters. The number of benzene rings is 3. The summed E-state index contributed by atoms with van der Waals surface area (Å²) in [6.07, 6.45) is 0. The number of nitrogens with one attached hydrogen (secondary N) is 1. The van der Waals surface area contributed by atoms with Crippen molar-refractivity contribution in [2.24, 2.45) is 0 Å². The van der Waals surface area contributed by atoms with Crippen molar-refractivity contribution >= 4 is 21.8 Å². The van der Waals surface area contributed by atoms with Gasteiger partial charge >= 0.3 is 0 Å². The van der Waals surface area contributed by atoms with Gasteiger partial charge in [0.2, 0.25) is 0 Å². The summed E-state index contributed by atoms with van der Waals surface area (Å²) in [5, 5.41) is 2.47. The smallest absolute Gasteiger partial charge is 0.130 e. The highest BCUT2D eigenvalue weighted by Gasteiger charge is 2.06. The number of fused-ring (bicyclic) bond motifs is 3. The predicted molar refractivity (Wildman–Crippen MR) is 87.1 cm³/mol. The van der Waals surface area contributed by atoms with Crippen LogP contribution in [0.5, 0.6) is 11.5 Å². The predicted octanol–water partition coefficient (Wildman–Crippen LogP) is 5.42. The van der Waals surface area contributed by atoms with Crippen LogP contribution in [0.3, 0.4) is 0 Å². The fourth-order valence-corrected chi connectivity index (χ4v) is 2.70. The van der Waals surface area contributed by atoms with Crippen LogP contribution < -0.4 is 4.74 Å². The second-order valence-electron chi connectivity index (χ2n) is 5.25. The van der Waals surface area contributed by atoms with Gasteiger partial charge in [0.25, 0.3) is 0 Å². The Balaban J connectivity index is 1.80. The van der Waals surface area contributed by atoms with E-state index in [1.54, 1.807) is 0 Å². The molecule has 2 heteroatoms. The average Bonchev–Trinajstić information content (AvgIpc) is 2.87. The minimum Gasteiger partial charge on any atom is -0.457 e. The van der Waals surface area contributed by atoms with E-state index in [2.05, 4.69) is 48.3 Å². The molecule has 1 heterocycles.